The first-order chi connectivity index (χ1) is 10.0. The van der Waals surface area contributed by atoms with Crippen molar-refractivity contribution < 1.29 is 14.2 Å². The molecule has 0 saturated carbocycles. The molecule has 0 saturated heterocycles. The zero-order valence-electron chi connectivity index (χ0n) is 11.0. The molecular formula is C15H14Cl2FNO2. The van der Waals surface area contributed by atoms with E-state index in [-0.39, 0.29) is 18.8 Å². The molecule has 6 heteroatoms. The van der Waals surface area contributed by atoms with Crippen LogP contribution in [0.15, 0.2) is 42.5 Å². The first kappa shape index (κ1) is 15.9. The van der Waals surface area contributed by atoms with Gasteiger partial charge in [-0.15, -0.1) is 0 Å². The van der Waals surface area contributed by atoms with Gasteiger partial charge in [0.2, 0.25) is 0 Å². The molecule has 1 unspecified atom stereocenters. The van der Waals surface area contributed by atoms with Gasteiger partial charge in [0.15, 0.2) is 0 Å². The summed E-state index contributed by atoms with van der Waals surface area (Å²) in [7, 11) is 0. The minimum absolute atomic E-state index is 0.0650. The predicted molar refractivity (Wildman–Crippen MR) is 82.9 cm³/mol. The SMILES string of the molecule is OC(CNc1cc(Cl)ccc1F)COc1cccc(Cl)c1. The number of aliphatic hydroxyl groups excluding tert-OH is 1. The van der Waals surface area contributed by atoms with E-state index in [1.165, 1.54) is 18.2 Å². The highest BCUT2D eigenvalue weighted by molar-refractivity contribution is 6.31. The van der Waals surface area contributed by atoms with E-state index in [0.717, 1.165) is 0 Å². The molecular weight excluding hydrogens is 316 g/mol. The van der Waals surface area contributed by atoms with E-state index < -0.39 is 11.9 Å². The summed E-state index contributed by atoms with van der Waals surface area (Å²) in [4.78, 5) is 0. The summed E-state index contributed by atoms with van der Waals surface area (Å²) >= 11 is 11.6. The summed E-state index contributed by atoms with van der Waals surface area (Å²) in [5.41, 5.74) is 0.240. The molecule has 2 rings (SSSR count). The van der Waals surface area contributed by atoms with Gasteiger partial charge in [0.05, 0.1) is 5.69 Å². The monoisotopic (exact) mass is 329 g/mol. The Morgan fingerprint density at radius 1 is 1.14 bits per heavy atom. The number of benzene rings is 2. The molecule has 0 amide bonds. The molecule has 0 bridgehead atoms. The number of anilines is 1. The third kappa shape index (κ3) is 5.08. The molecule has 1 atom stereocenters. The quantitative estimate of drug-likeness (QED) is 0.842. The number of hydrogen-bond donors (Lipinski definition) is 2. The minimum Gasteiger partial charge on any atom is -0.491 e. The lowest BCUT2D eigenvalue weighted by Gasteiger charge is -2.14. The molecule has 2 aromatic carbocycles. The Hall–Kier alpha value is -1.49. The molecule has 0 aliphatic heterocycles. The van der Waals surface area contributed by atoms with E-state index in [4.69, 9.17) is 27.9 Å². The predicted octanol–water partition coefficient (Wildman–Crippen LogP) is 3.98. The molecule has 0 aliphatic carbocycles. The zero-order chi connectivity index (χ0) is 15.2. The lowest BCUT2D eigenvalue weighted by atomic mass is 10.3. The van der Waals surface area contributed by atoms with Crippen LogP contribution in [0.3, 0.4) is 0 Å². The van der Waals surface area contributed by atoms with Gasteiger partial charge in [-0.2, -0.15) is 0 Å². The molecule has 112 valence electrons. The van der Waals surface area contributed by atoms with Crippen LogP contribution in [0.1, 0.15) is 0 Å². The van der Waals surface area contributed by atoms with Gasteiger partial charge in [0.25, 0.3) is 0 Å². The highest BCUT2D eigenvalue weighted by Gasteiger charge is 2.08. The molecule has 0 aromatic heterocycles. The summed E-state index contributed by atoms with van der Waals surface area (Å²) in [5.74, 6) is 0.137. The second-order valence-electron chi connectivity index (χ2n) is 4.43. The van der Waals surface area contributed by atoms with Gasteiger partial charge in [-0.3, -0.25) is 0 Å². The van der Waals surface area contributed by atoms with Crippen molar-refractivity contribution >= 4 is 28.9 Å². The van der Waals surface area contributed by atoms with Crippen LogP contribution in [0.5, 0.6) is 5.75 Å². The van der Waals surface area contributed by atoms with Crippen molar-refractivity contribution in [1.82, 2.24) is 0 Å². The number of nitrogens with one attached hydrogen (secondary N) is 1. The van der Waals surface area contributed by atoms with E-state index in [2.05, 4.69) is 5.32 Å². The van der Waals surface area contributed by atoms with Crippen LogP contribution in [0, 0.1) is 5.82 Å². The van der Waals surface area contributed by atoms with E-state index in [9.17, 15) is 9.50 Å². The topological polar surface area (TPSA) is 41.5 Å². The van der Waals surface area contributed by atoms with Crippen LogP contribution < -0.4 is 10.1 Å². The van der Waals surface area contributed by atoms with E-state index in [1.54, 1.807) is 24.3 Å². The molecule has 0 heterocycles. The van der Waals surface area contributed by atoms with Crippen LogP contribution in [0.4, 0.5) is 10.1 Å². The molecule has 3 nitrogen and oxygen atoms in total. The molecule has 2 N–H and O–H groups in total. The normalized spacial score (nSPS) is 12.0. The third-order valence-electron chi connectivity index (χ3n) is 2.70. The summed E-state index contributed by atoms with van der Waals surface area (Å²) in [6.07, 6.45) is -0.803. The minimum atomic E-state index is -0.803. The summed E-state index contributed by atoms with van der Waals surface area (Å²) < 4.78 is 18.9. The largest absolute Gasteiger partial charge is 0.491 e. The van der Waals surface area contributed by atoms with Crippen molar-refractivity contribution in [2.75, 3.05) is 18.5 Å². The molecule has 0 fully saturated rings. The van der Waals surface area contributed by atoms with Crippen molar-refractivity contribution in [3.8, 4) is 5.75 Å². The third-order valence-corrected chi connectivity index (χ3v) is 3.17. The highest BCUT2D eigenvalue weighted by atomic mass is 35.5. The maximum Gasteiger partial charge on any atom is 0.146 e. The second-order valence-corrected chi connectivity index (χ2v) is 5.30. The fraction of sp³-hybridized carbons (Fsp3) is 0.200. The zero-order valence-corrected chi connectivity index (χ0v) is 12.5. The Balaban J connectivity index is 1.82. The standard InChI is InChI=1S/C15H14Cl2FNO2/c16-10-2-1-3-13(6-10)21-9-12(20)8-19-15-7-11(17)4-5-14(15)18/h1-7,12,19-20H,8-9H2. The summed E-state index contributed by atoms with van der Waals surface area (Å²) in [5, 5.41) is 13.6. The number of rotatable bonds is 6. The summed E-state index contributed by atoms with van der Waals surface area (Å²) in [6.45, 7) is 0.202. The fourth-order valence-corrected chi connectivity index (χ4v) is 2.02. The lowest BCUT2D eigenvalue weighted by Crippen LogP contribution is -2.26. The molecule has 0 radical (unpaired) electrons. The summed E-state index contributed by atoms with van der Waals surface area (Å²) in [6, 6.07) is 11.1. The molecule has 0 spiro atoms. The number of ether oxygens (including phenoxy) is 1. The first-order valence-corrected chi connectivity index (χ1v) is 7.05. The average Bonchev–Trinajstić information content (AvgIpc) is 2.46. The van der Waals surface area contributed by atoms with Gasteiger partial charge in [0, 0.05) is 16.6 Å². The number of halogens is 3. The maximum atomic E-state index is 13.5. The Labute approximate surface area is 132 Å². The maximum absolute atomic E-state index is 13.5. The smallest absolute Gasteiger partial charge is 0.146 e. The van der Waals surface area contributed by atoms with Crippen molar-refractivity contribution in [2.24, 2.45) is 0 Å². The fourth-order valence-electron chi connectivity index (χ4n) is 1.67. The Morgan fingerprint density at radius 2 is 1.90 bits per heavy atom. The Bertz CT molecular complexity index is 610. The average molecular weight is 330 g/mol. The van der Waals surface area contributed by atoms with E-state index >= 15 is 0 Å². The lowest BCUT2D eigenvalue weighted by molar-refractivity contribution is 0.117. The van der Waals surface area contributed by atoms with Gasteiger partial charge in [-0.1, -0.05) is 29.3 Å². The van der Waals surface area contributed by atoms with Crippen LogP contribution >= 0.6 is 23.2 Å². The van der Waals surface area contributed by atoms with Crippen molar-refractivity contribution in [2.45, 2.75) is 6.10 Å². The van der Waals surface area contributed by atoms with Gasteiger partial charge < -0.3 is 15.2 Å². The molecule has 2 aromatic rings. The first-order valence-electron chi connectivity index (χ1n) is 6.30. The second kappa shape index (κ2) is 7.50. The molecule has 0 aliphatic rings. The Morgan fingerprint density at radius 3 is 2.67 bits per heavy atom. The van der Waals surface area contributed by atoms with Gasteiger partial charge in [0.1, 0.15) is 24.3 Å². The van der Waals surface area contributed by atoms with Crippen LogP contribution in [0.25, 0.3) is 0 Å². The van der Waals surface area contributed by atoms with Gasteiger partial charge >= 0.3 is 0 Å². The van der Waals surface area contributed by atoms with Crippen molar-refractivity contribution in [3.05, 3.63) is 58.3 Å². The van der Waals surface area contributed by atoms with Gasteiger partial charge in [-0.05, 0) is 36.4 Å². The Kier molecular flexibility index (Phi) is 5.67. The van der Waals surface area contributed by atoms with Crippen LogP contribution in [-0.2, 0) is 0 Å². The number of aliphatic hydroxyl groups is 1. The van der Waals surface area contributed by atoms with E-state index in [1.807, 2.05) is 0 Å². The van der Waals surface area contributed by atoms with Crippen molar-refractivity contribution in [1.29, 1.82) is 0 Å². The molecule has 21 heavy (non-hydrogen) atoms. The highest BCUT2D eigenvalue weighted by Crippen LogP contribution is 2.20. The van der Waals surface area contributed by atoms with E-state index in [0.29, 0.717) is 15.8 Å². The van der Waals surface area contributed by atoms with Crippen LogP contribution in [-0.4, -0.2) is 24.4 Å². The number of hydrogen-bond acceptors (Lipinski definition) is 3. The van der Waals surface area contributed by atoms with Gasteiger partial charge in [-0.25, -0.2) is 4.39 Å². The van der Waals surface area contributed by atoms with Crippen LogP contribution in [0.2, 0.25) is 10.0 Å². The van der Waals surface area contributed by atoms with Crippen molar-refractivity contribution in [3.63, 3.8) is 0 Å².